The first-order valence-electron chi connectivity index (χ1n) is 7.20. The number of sulfonamides is 1. The van der Waals surface area contributed by atoms with Gasteiger partial charge in [-0.1, -0.05) is 55.8 Å². The summed E-state index contributed by atoms with van der Waals surface area (Å²) in [6.45, 7) is 2.17. The Hall–Kier alpha value is -1.65. The Labute approximate surface area is 126 Å². The fourth-order valence-corrected chi connectivity index (χ4v) is 3.25. The van der Waals surface area contributed by atoms with Gasteiger partial charge in [0.15, 0.2) is 0 Å². The number of rotatable bonds is 6. The second kappa shape index (κ2) is 6.87. The highest BCUT2D eigenvalue weighted by molar-refractivity contribution is 7.89. The standard InChI is InChI=1S/C17H21NO2S/c1-2-3-8-14-9-4-5-10-15(14)13-16-11-6-7-12-17(16)21(18,19)20/h4-7,9-12H,2-3,8,13H2,1H3,(H2,18,19,20). The molecule has 112 valence electrons. The highest BCUT2D eigenvalue weighted by Crippen LogP contribution is 2.21. The quantitative estimate of drug-likeness (QED) is 0.890. The Morgan fingerprint density at radius 2 is 1.48 bits per heavy atom. The summed E-state index contributed by atoms with van der Waals surface area (Å²) < 4.78 is 23.4. The molecule has 0 aliphatic rings. The first-order valence-corrected chi connectivity index (χ1v) is 8.74. The van der Waals surface area contributed by atoms with Crippen LogP contribution in [0.5, 0.6) is 0 Å². The van der Waals surface area contributed by atoms with Crippen molar-refractivity contribution in [2.24, 2.45) is 5.14 Å². The molecule has 0 radical (unpaired) electrons. The van der Waals surface area contributed by atoms with Crippen molar-refractivity contribution < 1.29 is 8.42 Å². The van der Waals surface area contributed by atoms with Crippen molar-refractivity contribution in [3.8, 4) is 0 Å². The molecule has 21 heavy (non-hydrogen) atoms. The number of hydrogen-bond acceptors (Lipinski definition) is 2. The molecule has 2 aromatic carbocycles. The molecule has 0 heterocycles. The van der Waals surface area contributed by atoms with Crippen molar-refractivity contribution in [1.29, 1.82) is 0 Å². The highest BCUT2D eigenvalue weighted by atomic mass is 32.2. The van der Waals surface area contributed by atoms with Crippen LogP contribution in [0.25, 0.3) is 0 Å². The number of benzene rings is 2. The maximum Gasteiger partial charge on any atom is 0.238 e. The van der Waals surface area contributed by atoms with Crippen molar-refractivity contribution in [1.82, 2.24) is 0 Å². The van der Waals surface area contributed by atoms with Gasteiger partial charge in [-0.15, -0.1) is 0 Å². The van der Waals surface area contributed by atoms with Crippen LogP contribution in [0.4, 0.5) is 0 Å². The summed E-state index contributed by atoms with van der Waals surface area (Å²) in [5, 5.41) is 5.30. The van der Waals surface area contributed by atoms with Crippen molar-refractivity contribution >= 4 is 10.0 Å². The molecule has 2 aromatic rings. The number of primary sulfonamides is 1. The summed E-state index contributed by atoms with van der Waals surface area (Å²) in [5.41, 5.74) is 3.20. The van der Waals surface area contributed by atoms with Gasteiger partial charge in [0, 0.05) is 0 Å². The zero-order valence-corrected chi connectivity index (χ0v) is 13.1. The van der Waals surface area contributed by atoms with Crippen LogP contribution in [-0.4, -0.2) is 8.42 Å². The van der Waals surface area contributed by atoms with Gasteiger partial charge in [-0.2, -0.15) is 0 Å². The fraction of sp³-hybridized carbons (Fsp3) is 0.294. The molecule has 0 aliphatic heterocycles. The van der Waals surface area contributed by atoms with E-state index in [2.05, 4.69) is 19.1 Å². The maximum atomic E-state index is 11.7. The summed E-state index contributed by atoms with van der Waals surface area (Å²) in [6.07, 6.45) is 3.88. The molecule has 3 nitrogen and oxygen atoms in total. The van der Waals surface area contributed by atoms with Gasteiger partial charge in [0.1, 0.15) is 0 Å². The zero-order chi connectivity index (χ0) is 15.3. The van der Waals surface area contributed by atoms with E-state index in [0.29, 0.717) is 6.42 Å². The molecular formula is C17H21NO2S. The molecular weight excluding hydrogens is 282 g/mol. The van der Waals surface area contributed by atoms with Crippen LogP contribution < -0.4 is 5.14 Å². The van der Waals surface area contributed by atoms with Gasteiger partial charge >= 0.3 is 0 Å². The first kappa shape index (κ1) is 15.7. The number of aryl methyl sites for hydroxylation is 1. The minimum Gasteiger partial charge on any atom is -0.225 e. The topological polar surface area (TPSA) is 60.2 Å². The van der Waals surface area contributed by atoms with E-state index in [1.165, 1.54) is 11.1 Å². The lowest BCUT2D eigenvalue weighted by Gasteiger charge is -2.11. The molecule has 0 atom stereocenters. The number of hydrogen-bond donors (Lipinski definition) is 1. The third kappa shape index (κ3) is 4.16. The molecule has 2 rings (SSSR count). The fourth-order valence-electron chi connectivity index (χ4n) is 2.47. The van der Waals surface area contributed by atoms with Crippen LogP contribution in [0.1, 0.15) is 36.5 Å². The molecule has 0 amide bonds. The van der Waals surface area contributed by atoms with E-state index in [1.54, 1.807) is 12.1 Å². The van der Waals surface area contributed by atoms with E-state index >= 15 is 0 Å². The number of unbranched alkanes of at least 4 members (excludes halogenated alkanes) is 1. The lowest BCUT2D eigenvalue weighted by atomic mass is 9.96. The van der Waals surface area contributed by atoms with Crippen LogP contribution in [0, 0.1) is 0 Å². The van der Waals surface area contributed by atoms with Crippen LogP contribution in [0.2, 0.25) is 0 Å². The minimum atomic E-state index is -3.68. The summed E-state index contributed by atoms with van der Waals surface area (Å²) in [4.78, 5) is 0.218. The molecule has 0 bridgehead atoms. The lowest BCUT2D eigenvalue weighted by Crippen LogP contribution is -2.14. The Bertz CT molecular complexity index is 708. The van der Waals surface area contributed by atoms with E-state index in [-0.39, 0.29) is 4.90 Å². The van der Waals surface area contributed by atoms with Crippen molar-refractivity contribution in [2.75, 3.05) is 0 Å². The van der Waals surface area contributed by atoms with Gasteiger partial charge in [-0.3, -0.25) is 0 Å². The molecule has 0 aliphatic carbocycles. The minimum absolute atomic E-state index is 0.218. The molecule has 0 saturated heterocycles. The van der Waals surface area contributed by atoms with Crippen molar-refractivity contribution in [3.63, 3.8) is 0 Å². The van der Waals surface area contributed by atoms with Gasteiger partial charge < -0.3 is 0 Å². The Balaban J connectivity index is 2.35. The third-order valence-corrected chi connectivity index (χ3v) is 4.59. The first-order chi connectivity index (χ1) is 10.0. The van der Waals surface area contributed by atoms with Crippen LogP contribution >= 0.6 is 0 Å². The maximum absolute atomic E-state index is 11.7. The van der Waals surface area contributed by atoms with Crippen LogP contribution in [0.3, 0.4) is 0 Å². The average molecular weight is 303 g/mol. The molecule has 0 unspecified atom stereocenters. The van der Waals surface area contributed by atoms with Crippen LogP contribution in [0.15, 0.2) is 53.4 Å². The molecule has 0 spiro atoms. The monoisotopic (exact) mass is 303 g/mol. The normalized spacial score (nSPS) is 11.5. The molecule has 2 N–H and O–H groups in total. The second-order valence-electron chi connectivity index (χ2n) is 5.20. The summed E-state index contributed by atoms with van der Waals surface area (Å²) in [5.74, 6) is 0. The summed E-state index contributed by atoms with van der Waals surface area (Å²) >= 11 is 0. The van der Waals surface area contributed by atoms with Gasteiger partial charge in [-0.05, 0) is 42.0 Å². The molecule has 0 fully saturated rings. The SMILES string of the molecule is CCCCc1ccccc1Cc1ccccc1S(N)(=O)=O. The van der Waals surface area contributed by atoms with E-state index < -0.39 is 10.0 Å². The molecule has 0 saturated carbocycles. The Kier molecular flexibility index (Phi) is 5.15. The largest absolute Gasteiger partial charge is 0.238 e. The second-order valence-corrected chi connectivity index (χ2v) is 6.73. The van der Waals surface area contributed by atoms with Gasteiger partial charge in [0.25, 0.3) is 0 Å². The summed E-state index contributed by atoms with van der Waals surface area (Å²) in [7, 11) is -3.68. The van der Waals surface area contributed by atoms with E-state index in [1.807, 2.05) is 24.3 Å². The van der Waals surface area contributed by atoms with Crippen molar-refractivity contribution in [2.45, 2.75) is 37.5 Å². The predicted octanol–water partition coefficient (Wildman–Crippen LogP) is 3.27. The Morgan fingerprint density at radius 1 is 0.905 bits per heavy atom. The Morgan fingerprint density at radius 3 is 2.10 bits per heavy atom. The molecule has 4 heteroatoms. The highest BCUT2D eigenvalue weighted by Gasteiger charge is 2.14. The summed E-state index contributed by atoms with van der Waals surface area (Å²) in [6, 6.07) is 15.1. The van der Waals surface area contributed by atoms with Gasteiger partial charge in [-0.25, -0.2) is 13.6 Å². The predicted molar refractivity (Wildman–Crippen MR) is 85.7 cm³/mol. The van der Waals surface area contributed by atoms with E-state index in [4.69, 9.17) is 5.14 Å². The lowest BCUT2D eigenvalue weighted by molar-refractivity contribution is 0.597. The third-order valence-electron chi connectivity index (χ3n) is 3.58. The van der Waals surface area contributed by atoms with Crippen LogP contribution in [-0.2, 0) is 22.9 Å². The van der Waals surface area contributed by atoms with Gasteiger partial charge in [0.05, 0.1) is 4.90 Å². The molecule has 0 aromatic heterocycles. The van der Waals surface area contributed by atoms with E-state index in [0.717, 1.165) is 24.8 Å². The van der Waals surface area contributed by atoms with E-state index in [9.17, 15) is 8.42 Å². The number of nitrogens with two attached hydrogens (primary N) is 1. The van der Waals surface area contributed by atoms with Gasteiger partial charge in [0.2, 0.25) is 10.0 Å². The zero-order valence-electron chi connectivity index (χ0n) is 12.2. The van der Waals surface area contributed by atoms with Crippen molar-refractivity contribution in [3.05, 3.63) is 65.2 Å². The smallest absolute Gasteiger partial charge is 0.225 e. The average Bonchev–Trinajstić information content (AvgIpc) is 2.46.